The predicted molar refractivity (Wildman–Crippen MR) is 64.1 cm³/mol. The van der Waals surface area contributed by atoms with Gasteiger partial charge in [0.25, 0.3) is 0 Å². The highest BCUT2D eigenvalue weighted by Crippen LogP contribution is 2.18. The van der Waals surface area contributed by atoms with Gasteiger partial charge in [-0.15, -0.1) is 0 Å². The highest BCUT2D eigenvalue weighted by molar-refractivity contribution is 5.83. The van der Waals surface area contributed by atoms with Gasteiger partial charge in [0.1, 0.15) is 0 Å². The monoisotopic (exact) mass is 200 g/mol. The van der Waals surface area contributed by atoms with E-state index in [1.54, 1.807) is 0 Å². The molecule has 0 saturated carbocycles. The zero-order chi connectivity index (χ0) is 10.7. The molecule has 0 unspecified atom stereocenters. The van der Waals surface area contributed by atoms with Gasteiger partial charge < -0.3 is 5.11 Å². The lowest BCUT2D eigenvalue weighted by atomic mass is 10.0. The molecular weight excluding hydrogens is 184 g/mol. The molecule has 78 valence electrons. The zero-order valence-electron chi connectivity index (χ0n) is 9.03. The lowest BCUT2D eigenvalue weighted by Crippen LogP contribution is -1.90. The zero-order valence-corrected chi connectivity index (χ0v) is 9.03. The second-order valence-electron chi connectivity index (χ2n) is 3.84. The van der Waals surface area contributed by atoms with Crippen LogP contribution in [0.25, 0.3) is 10.8 Å². The van der Waals surface area contributed by atoms with Crippen LogP contribution in [0.4, 0.5) is 0 Å². The molecule has 1 N–H and O–H groups in total. The summed E-state index contributed by atoms with van der Waals surface area (Å²) in [7, 11) is 0. The van der Waals surface area contributed by atoms with Crippen molar-refractivity contribution in [3.8, 4) is 0 Å². The second kappa shape index (κ2) is 4.45. The van der Waals surface area contributed by atoms with Crippen molar-refractivity contribution in [2.24, 2.45) is 0 Å². The average molecular weight is 200 g/mol. The smallest absolute Gasteiger partial charge is 0.0471 e. The first kappa shape index (κ1) is 10.2. The Morgan fingerprint density at radius 3 is 2.13 bits per heavy atom. The molecule has 0 atom stereocenters. The fourth-order valence-electron chi connectivity index (χ4n) is 1.85. The van der Waals surface area contributed by atoms with E-state index < -0.39 is 0 Å². The van der Waals surface area contributed by atoms with E-state index in [0.717, 1.165) is 12.8 Å². The summed E-state index contributed by atoms with van der Waals surface area (Å²) < 4.78 is 0. The lowest BCUT2D eigenvalue weighted by molar-refractivity contribution is 0.299. The molecule has 0 saturated heterocycles. The molecule has 0 bridgehead atoms. The molecule has 15 heavy (non-hydrogen) atoms. The normalized spacial score (nSPS) is 10.8. The summed E-state index contributed by atoms with van der Waals surface area (Å²) in [5.74, 6) is 0. The average Bonchev–Trinajstić information content (AvgIpc) is 2.29. The summed E-state index contributed by atoms with van der Waals surface area (Å²) >= 11 is 0. The van der Waals surface area contributed by atoms with Gasteiger partial charge in [-0.25, -0.2) is 0 Å². The Morgan fingerprint density at radius 1 is 0.933 bits per heavy atom. The molecule has 2 aromatic carbocycles. The van der Waals surface area contributed by atoms with Crippen molar-refractivity contribution in [1.29, 1.82) is 0 Å². The summed E-state index contributed by atoms with van der Waals surface area (Å²) in [6.45, 7) is 2.39. The number of fused-ring (bicyclic) bond motifs is 1. The lowest BCUT2D eigenvalue weighted by Gasteiger charge is -2.04. The first-order valence-electron chi connectivity index (χ1n) is 5.46. The third kappa shape index (κ3) is 2.18. The molecule has 0 amide bonds. The van der Waals surface area contributed by atoms with Crippen molar-refractivity contribution in [3.05, 3.63) is 47.5 Å². The van der Waals surface area contributed by atoms with Gasteiger partial charge in [0, 0.05) is 6.61 Å². The third-order valence-electron chi connectivity index (χ3n) is 2.78. The number of aliphatic hydroxyl groups excluding tert-OH is 1. The molecule has 0 fully saturated rings. The van der Waals surface area contributed by atoms with Crippen LogP contribution in [0.3, 0.4) is 0 Å². The van der Waals surface area contributed by atoms with E-state index in [2.05, 4.69) is 43.3 Å². The van der Waals surface area contributed by atoms with Crippen LogP contribution in [-0.2, 0) is 12.8 Å². The Hall–Kier alpha value is -1.34. The quantitative estimate of drug-likeness (QED) is 0.807. The largest absolute Gasteiger partial charge is 0.396 e. The van der Waals surface area contributed by atoms with Crippen LogP contribution in [0.15, 0.2) is 36.4 Å². The number of rotatable bonds is 3. The van der Waals surface area contributed by atoms with Crippen LogP contribution in [-0.4, -0.2) is 11.7 Å². The first-order valence-corrected chi connectivity index (χ1v) is 5.46. The van der Waals surface area contributed by atoms with Crippen LogP contribution in [0, 0.1) is 0 Å². The van der Waals surface area contributed by atoms with Crippen LogP contribution >= 0.6 is 0 Å². The Kier molecular flexibility index (Phi) is 3.02. The fourth-order valence-corrected chi connectivity index (χ4v) is 1.85. The van der Waals surface area contributed by atoms with E-state index in [-0.39, 0.29) is 6.61 Å². The van der Waals surface area contributed by atoms with E-state index >= 15 is 0 Å². The molecule has 0 radical (unpaired) electrons. The van der Waals surface area contributed by atoms with Crippen molar-refractivity contribution in [3.63, 3.8) is 0 Å². The van der Waals surface area contributed by atoms with Crippen molar-refractivity contribution in [1.82, 2.24) is 0 Å². The molecule has 0 heterocycles. The van der Waals surface area contributed by atoms with Gasteiger partial charge in [0.15, 0.2) is 0 Å². The van der Waals surface area contributed by atoms with Gasteiger partial charge in [-0.05, 0) is 34.7 Å². The SMILES string of the molecule is CCc1ccc2cc(CCO)ccc2c1. The minimum Gasteiger partial charge on any atom is -0.396 e. The molecule has 0 aromatic heterocycles. The van der Waals surface area contributed by atoms with E-state index in [1.807, 2.05) is 0 Å². The second-order valence-corrected chi connectivity index (χ2v) is 3.84. The number of hydrogen-bond donors (Lipinski definition) is 1. The number of aliphatic hydroxyl groups is 1. The number of hydrogen-bond acceptors (Lipinski definition) is 1. The third-order valence-corrected chi connectivity index (χ3v) is 2.78. The van der Waals surface area contributed by atoms with E-state index in [1.165, 1.54) is 21.9 Å². The van der Waals surface area contributed by atoms with E-state index in [0.29, 0.717) is 0 Å². The van der Waals surface area contributed by atoms with Gasteiger partial charge in [-0.1, -0.05) is 43.3 Å². The number of benzene rings is 2. The van der Waals surface area contributed by atoms with Crippen LogP contribution in [0.2, 0.25) is 0 Å². The summed E-state index contributed by atoms with van der Waals surface area (Å²) in [6.07, 6.45) is 1.82. The predicted octanol–water partition coefficient (Wildman–Crippen LogP) is 2.94. The maximum atomic E-state index is 8.87. The molecule has 0 spiro atoms. The minimum atomic E-state index is 0.221. The van der Waals surface area contributed by atoms with Gasteiger partial charge in [-0.2, -0.15) is 0 Å². The molecule has 0 aliphatic carbocycles. The summed E-state index contributed by atoms with van der Waals surface area (Å²) in [5, 5.41) is 11.4. The standard InChI is InChI=1S/C14H16O/c1-2-11-3-5-14-10-12(7-8-15)4-6-13(14)9-11/h3-6,9-10,15H,2,7-8H2,1H3. The Balaban J connectivity index is 2.45. The molecule has 0 aliphatic rings. The Morgan fingerprint density at radius 2 is 1.53 bits per heavy atom. The van der Waals surface area contributed by atoms with Crippen molar-refractivity contribution in [2.45, 2.75) is 19.8 Å². The van der Waals surface area contributed by atoms with Crippen LogP contribution < -0.4 is 0 Å². The van der Waals surface area contributed by atoms with Crippen molar-refractivity contribution < 1.29 is 5.11 Å². The highest BCUT2D eigenvalue weighted by atomic mass is 16.2. The van der Waals surface area contributed by atoms with E-state index in [4.69, 9.17) is 5.11 Å². The maximum absolute atomic E-state index is 8.87. The van der Waals surface area contributed by atoms with Gasteiger partial charge in [0.05, 0.1) is 0 Å². The highest BCUT2D eigenvalue weighted by Gasteiger charge is 1.97. The first-order chi connectivity index (χ1) is 7.33. The Bertz CT molecular complexity index is 460. The Labute approximate surface area is 90.4 Å². The molecule has 2 rings (SSSR count). The van der Waals surface area contributed by atoms with E-state index in [9.17, 15) is 0 Å². The fraction of sp³-hybridized carbons (Fsp3) is 0.286. The summed E-state index contributed by atoms with van der Waals surface area (Å²) in [5.41, 5.74) is 2.58. The molecule has 0 aliphatic heterocycles. The van der Waals surface area contributed by atoms with Crippen molar-refractivity contribution in [2.75, 3.05) is 6.61 Å². The molecule has 2 aromatic rings. The van der Waals surface area contributed by atoms with Crippen LogP contribution in [0.5, 0.6) is 0 Å². The van der Waals surface area contributed by atoms with Crippen molar-refractivity contribution >= 4 is 10.8 Å². The summed E-state index contributed by atoms with van der Waals surface area (Å²) in [6, 6.07) is 13.0. The number of aryl methyl sites for hydroxylation is 1. The van der Waals surface area contributed by atoms with Crippen LogP contribution in [0.1, 0.15) is 18.1 Å². The summed E-state index contributed by atoms with van der Waals surface area (Å²) in [4.78, 5) is 0. The molecular formula is C14H16O. The molecule has 1 heteroatoms. The van der Waals surface area contributed by atoms with Gasteiger partial charge >= 0.3 is 0 Å². The van der Waals surface area contributed by atoms with Gasteiger partial charge in [0.2, 0.25) is 0 Å². The topological polar surface area (TPSA) is 20.2 Å². The van der Waals surface area contributed by atoms with Gasteiger partial charge in [-0.3, -0.25) is 0 Å². The minimum absolute atomic E-state index is 0.221. The molecule has 1 nitrogen and oxygen atoms in total. The maximum Gasteiger partial charge on any atom is 0.0471 e.